The van der Waals surface area contributed by atoms with Gasteiger partial charge in [-0.05, 0) is 48.7 Å². The van der Waals surface area contributed by atoms with Crippen molar-refractivity contribution in [3.63, 3.8) is 0 Å². The van der Waals surface area contributed by atoms with Crippen LogP contribution in [0.5, 0.6) is 0 Å². The molecule has 3 N–H and O–H groups in total. The van der Waals surface area contributed by atoms with E-state index in [9.17, 15) is 18.3 Å². The number of benzene rings is 2. The highest BCUT2D eigenvalue weighted by Gasteiger charge is 2.32. The van der Waals surface area contributed by atoms with Crippen molar-refractivity contribution in [1.82, 2.24) is 0 Å². The normalized spacial score (nSPS) is 14.2. The number of hydrogen-bond donors (Lipinski definition) is 3. The molecular formula is C18H20F3NO2. The molecule has 2 aromatic rings. The Morgan fingerprint density at radius 3 is 2.21 bits per heavy atom. The molecule has 2 aromatic carbocycles. The van der Waals surface area contributed by atoms with Crippen LogP contribution in [0.15, 0.2) is 48.5 Å². The molecular weight excluding hydrogens is 319 g/mol. The Morgan fingerprint density at radius 1 is 1.00 bits per heavy atom. The molecule has 24 heavy (non-hydrogen) atoms. The molecule has 0 bridgehead atoms. The predicted octanol–water partition coefficient (Wildman–Crippen LogP) is 3.56. The SMILES string of the molecule is C[C@@](O)(CNc1ccc(CCO)cc1)c1cccc(C(F)(F)F)c1. The van der Waals surface area contributed by atoms with Crippen molar-refractivity contribution in [2.24, 2.45) is 0 Å². The third kappa shape index (κ3) is 4.72. The maximum Gasteiger partial charge on any atom is 0.416 e. The van der Waals surface area contributed by atoms with Crippen molar-refractivity contribution < 1.29 is 23.4 Å². The van der Waals surface area contributed by atoms with Gasteiger partial charge in [-0.2, -0.15) is 13.2 Å². The number of alkyl halides is 3. The third-order valence-electron chi connectivity index (χ3n) is 3.80. The average Bonchev–Trinajstić information content (AvgIpc) is 2.54. The van der Waals surface area contributed by atoms with Gasteiger partial charge in [-0.15, -0.1) is 0 Å². The van der Waals surface area contributed by atoms with Crippen LogP contribution in [-0.2, 0) is 18.2 Å². The van der Waals surface area contributed by atoms with Crippen LogP contribution in [0.25, 0.3) is 0 Å². The van der Waals surface area contributed by atoms with Gasteiger partial charge in [-0.3, -0.25) is 0 Å². The van der Waals surface area contributed by atoms with Gasteiger partial charge in [0.2, 0.25) is 0 Å². The number of nitrogens with one attached hydrogen (secondary N) is 1. The summed E-state index contributed by atoms with van der Waals surface area (Å²) in [6, 6.07) is 12.0. The maximum absolute atomic E-state index is 12.8. The monoisotopic (exact) mass is 339 g/mol. The van der Waals surface area contributed by atoms with E-state index in [-0.39, 0.29) is 18.7 Å². The van der Waals surface area contributed by atoms with E-state index in [1.165, 1.54) is 19.1 Å². The molecule has 0 spiro atoms. The summed E-state index contributed by atoms with van der Waals surface area (Å²) in [5.74, 6) is 0. The fraction of sp³-hybridized carbons (Fsp3) is 0.333. The van der Waals surface area contributed by atoms with Crippen LogP contribution in [0.4, 0.5) is 18.9 Å². The van der Waals surface area contributed by atoms with Gasteiger partial charge >= 0.3 is 6.18 Å². The largest absolute Gasteiger partial charge is 0.416 e. The van der Waals surface area contributed by atoms with Gasteiger partial charge in [0.1, 0.15) is 5.60 Å². The smallest absolute Gasteiger partial charge is 0.396 e. The van der Waals surface area contributed by atoms with Crippen LogP contribution in [0, 0.1) is 0 Å². The number of halogens is 3. The fourth-order valence-electron chi connectivity index (χ4n) is 2.33. The Labute approximate surface area is 138 Å². The third-order valence-corrected chi connectivity index (χ3v) is 3.80. The fourth-order valence-corrected chi connectivity index (χ4v) is 2.33. The first-order chi connectivity index (χ1) is 11.2. The Hall–Kier alpha value is -2.05. The molecule has 0 amide bonds. The van der Waals surface area contributed by atoms with Crippen molar-refractivity contribution in [3.8, 4) is 0 Å². The average molecular weight is 339 g/mol. The van der Waals surface area contributed by atoms with Crippen LogP contribution < -0.4 is 5.32 Å². The summed E-state index contributed by atoms with van der Waals surface area (Å²) in [5.41, 5.74) is -0.322. The summed E-state index contributed by atoms with van der Waals surface area (Å²) in [7, 11) is 0. The van der Waals surface area contributed by atoms with Crippen LogP contribution in [0.2, 0.25) is 0 Å². The van der Waals surface area contributed by atoms with Gasteiger partial charge < -0.3 is 15.5 Å². The second kappa shape index (κ2) is 7.23. The quantitative estimate of drug-likeness (QED) is 0.754. The first-order valence-electron chi connectivity index (χ1n) is 7.56. The van der Waals surface area contributed by atoms with Gasteiger partial charge in [-0.1, -0.05) is 24.3 Å². The van der Waals surface area contributed by atoms with E-state index in [4.69, 9.17) is 5.11 Å². The second-order valence-electron chi connectivity index (χ2n) is 5.88. The van der Waals surface area contributed by atoms with Gasteiger partial charge in [0.05, 0.1) is 5.56 Å². The molecule has 0 fully saturated rings. The van der Waals surface area contributed by atoms with E-state index >= 15 is 0 Å². The van der Waals surface area contributed by atoms with Gasteiger partial charge in [0, 0.05) is 18.8 Å². The van der Waals surface area contributed by atoms with Crippen LogP contribution in [-0.4, -0.2) is 23.4 Å². The molecule has 0 heterocycles. The molecule has 3 nitrogen and oxygen atoms in total. The standard InChI is InChI=1S/C18H20F3NO2/c1-17(24,14-3-2-4-15(11-14)18(19,20)21)12-22-16-7-5-13(6-8-16)9-10-23/h2-8,11,22-24H,9-10,12H2,1H3/t17-/m1/s1. The van der Waals surface area contributed by atoms with Crippen molar-refractivity contribution in [2.45, 2.75) is 25.1 Å². The number of rotatable bonds is 6. The minimum Gasteiger partial charge on any atom is -0.396 e. The van der Waals surface area contributed by atoms with Crippen LogP contribution in [0.3, 0.4) is 0 Å². The highest BCUT2D eigenvalue weighted by Crippen LogP contribution is 2.32. The summed E-state index contributed by atoms with van der Waals surface area (Å²) < 4.78 is 38.4. The minimum absolute atomic E-state index is 0.0632. The molecule has 0 aromatic heterocycles. The summed E-state index contributed by atoms with van der Waals surface area (Å²) in [6.45, 7) is 1.60. The number of anilines is 1. The van der Waals surface area contributed by atoms with Crippen molar-refractivity contribution >= 4 is 5.69 Å². The zero-order valence-corrected chi connectivity index (χ0v) is 13.3. The Balaban J connectivity index is 2.08. The van der Waals surface area contributed by atoms with Crippen molar-refractivity contribution in [2.75, 3.05) is 18.5 Å². The predicted molar refractivity (Wildman–Crippen MR) is 86.7 cm³/mol. The molecule has 1 atom stereocenters. The van der Waals surface area contributed by atoms with Crippen LogP contribution >= 0.6 is 0 Å². The first kappa shape index (κ1) is 18.3. The lowest BCUT2D eigenvalue weighted by molar-refractivity contribution is -0.137. The summed E-state index contributed by atoms with van der Waals surface area (Å²) in [4.78, 5) is 0. The molecule has 2 rings (SSSR count). The molecule has 0 unspecified atom stereocenters. The Kier molecular flexibility index (Phi) is 5.51. The highest BCUT2D eigenvalue weighted by molar-refractivity contribution is 5.45. The molecule has 6 heteroatoms. The number of aliphatic hydroxyl groups excluding tert-OH is 1. The van der Waals surface area contributed by atoms with E-state index in [0.717, 1.165) is 23.4 Å². The molecule has 0 aliphatic heterocycles. The molecule has 0 aliphatic rings. The lowest BCUT2D eigenvalue weighted by atomic mass is 9.94. The maximum atomic E-state index is 12.8. The lowest BCUT2D eigenvalue weighted by Gasteiger charge is -2.25. The summed E-state index contributed by atoms with van der Waals surface area (Å²) in [6.07, 6.45) is -3.88. The van der Waals surface area contributed by atoms with Gasteiger partial charge in [0.15, 0.2) is 0 Å². The van der Waals surface area contributed by atoms with E-state index in [2.05, 4.69) is 5.32 Å². The molecule has 0 radical (unpaired) electrons. The molecule has 0 saturated heterocycles. The molecule has 0 aliphatic carbocycles. The van der Waals surface area contributed by atoms with Gasteiger partial charge in [0.25, 0.3) is 0 Å². The highest BCUT2D eigenvalue weighted by atomic mass is 19.4. The van der Waals surface area contributed by atoms with E-state index in [1.807, 2.05) is 12.1 Å². The number of hydrogen-bond acceptors (Lipinski definition) is 3. The van der Waals surface area contributed by atoms with Crippen molar-refractivity contribution in [3.05, 3.63) is 65.2 Å². The Morgan fingerprint density at radius 2 is 1.62 bits per heavy atom. The zero-order chi connectivity index (χ0) is 17.8. The van der Waals surface area contributed by atoms with E-state index in [1.54, 1.807) is 12.1 Å². The lowest BCUT2D eigenvalue weighted by Crippen LogP contribution is -2.31. The summed E-state index contributed by atoms with van der Waals surface area (Å²) >= 11 is 0. The second-order valence-corrected chi connectivity index (χ2v) is 5.88. The molecule has 130 valence electrons. The van der Waals surface area contributed by atoms with E-state index in [0.29, 0.717) is 6.42 Å². The zero-order valence-electron chi connectivity index (χ0n) is 13.3. The van der Waals surface area contributed by atoms with Gasteiger partial charge in [-0.25, -0.2) is 0 Å². The minimum atomic E-state index is -4.44. The topological polar surface area (TPSA) is 52.5 Å². The van der Waals surface area contributed by atoms with E-state index < -0.39 is 17.3 Å². The summed E-state index contributed by atoms with van der Waals surface area (Å²) in [5, 5.41) is 22.4. The Bertz CT molecular complexity index is 667. The first-order valence-corrected chi connectivity index (χ1v) is 7.56. The van der Waals surface area contributed by atoms with Crippen molar-refractivity contribution in [1.29, 1.82) is 0 Å². The molecule has 0 saturated carbocycles. The van der Waals surface area contributed by atoms with Crippen LogP contribution in [0.1, 0.15) is 23.6 Å². The number of aliphatic hydroxyl groups is 2.